The molecule has 1 aromatic rings. The summed E-state index contributed by atoms with van der Waals surface area (Å²) in [4.78, 5) is 16.7. The Labute approximate surface area is 168 Å². The number of nitrogens with zero attached hydrogens (tertiary/aromatic N) is 1. The normalized spacial score (nSPS) is 15.0. The van der Waals surface area contributed by atoms with Crippen LogP contribution in [-0.4, -0.2) is 45.2 Å². The molecule has 1 fully saturated rings. The number of amides is 1. The van der Waals surface area contributed by atoms with Crippen molar-refractivity contribution < 1.29 is 14.3 Å². The summed E-state index contributed by atoms with van der Waals surface area (Å²) in [6.07, 6.45) is 5.60. The molecule has 0 bridgehead atoms. The molecule has 7 nitrogen and oxygen atoms in total. The van der Waals surface area contributed by atoms with Crippen molar-refractivity contribution in [3.63, 3.8) is 0 Å². The first-order chi connectivity index (χ1) is 13.7. The van der Waals surface area contributed by atoms with Crippen molar-refractivity contribution in [3.05, 3.63) is 18.2 Å². The van der Waals surface area contributed by atoms with E-state index in [4.69, 9.17) is 9.47 Å². The molecule has 1 aliphatic rings. The van der Waals surface area contributed by atoms with Gasteiger partial charge in [-0.1, -0.05) is 19.3 Å². The van der Waals surface area contributed by atoms with Gasteiger partial charge in [-0.2, -0.15) is 0 Å². The summed E-state index contributed by atoms with van der Waals surface area (Å²) in [5, 5.41) is 9.50. The maximum absolute atomic E-state index is 12.2. The lowest BCUT2D eigenvalue weighted by molar-refractivity contribution is -0.125. The lowest BCUT2D eigenvalue weighted by Gasteiger charge is -2.20. The molecule has 7 heteroatoms. The highest BCUT2D eigenvalue weighted by molar-refractivity contribution is 5.94. The number of rotatable bonds is 9. The Balaban J connectivity index is 1.88. The molecule has 0 spiro atoms. The molecule has 1 aliphatic carbocycles. The van der Waals surface area contributed by atoms with Crippen molar-refractivity contribution >= 4 is 17.6 Å². The fraction of sp³-hybridized carbons (Fsp3) is 0.619. The molecule has 1 amide bonds. The predicted octanol–water partition coefficient (Wildman–Crippen LogP) is 3.17. The van der Waals surface area contributed by atoms with Crippen LogP contribution in [0.25, 0.3) is 0 Å². The number of methoxy groups -OCH3 is 1. The Kier molecular flexibility index (Phi) is 9.45. The van der Waals surface area contributed by atoms with Crippen LogP contribution in [0.5, 0.6) is 11.5 Å². The van der Waals surface area contributed by atoms with Gasteiger partial charge in [0.25, 0.3) is 0 Å². The minimum Gasteiger partial charge on any atom is -0.493 e. The fourth-order valence-corrected chi connectivity index (χ4v) is 3.32. The van der Waals surface area contributed by atoms with E-state index in [1.165, 1.54) is 6.42 Å². The molecule has 0 heterocycles. The molecule has 0 radical (unpaired) electrons. The van der Waals surface area contributed by atoms with E-state index < -0.39 is 0 Å². The molecule has 156 valence electrons. The average Bonchev–Trinajstić information content (AvgIpc) is 2.73. The van der Waals surface area contributed by atoms with E-state index in [0.29, 0.717) is 37.2 Å². The number of anilines is 1. The summed E-state index contributed by atoms with van der Waals surface area (Å²) in [6, 6.07) is 5.67. The molecule has 28 heavy (non-hydrogen) atoms. The first-order valence-corrected chi connectivity index (χ1v) is 10.3. The van der Waals surface area contributed by atoms with Crippen LogP contribution in [0.4, 0.5) is 5.69 Å². The monoisotopic (exact) mass is 390 g/mol. The second-order valence-electron chi connectivity index (χ2n) is 6.81. The number of nitrogens with one attached hydrogen (secondary N) is 3. The summed E-state index contributed by atoms with van der Waals surface area (Å²) >= 11 is 0. The van der Waals surface area contributed by atoms with Crippen LogP contribution in [0, 0.1) is 5.92 Å². The summed E-state index contributed by atoms with van der Waals surface area (Å²) in [5.74, 6) is 2.40. The number of aliphatic imine (C=N–C) groups is 1. The van der Waals surface area contributed by atoms with Crippen LogP contribution in [0.15, 0.2) is 23.2 Å². The largest absolute Gasteiger partial charge is 0.493 e. The van der Waals surface area contributed by atoms with Gasteiger partial charge >= 0.3 is 0 Å². The highest BCUT2D eigenvalue weighted by atomic mass is 16.5. The Morgan fingerprint density at radius 1 is 1.14 bits per heavy atom. The molecule has 1 saturated carbocycles. The number of carbonyl (C=O) groups is 1. The van der Waals surface area contributed by atoms with Gasteiger partial charge in [0.2, 0.25) is 5.91 Å². The van der Waals surface area contributed by atoms with Crippen molar-refractivity contribution in [2.24, 2.45) is 10.9 Å². The summed E-state index contributed by atoms with van der Waals surface area (Å²) in [6.45, 7) is 6.34. The molecule has 2 rings (SSSR count). The van der Waals surface area contributed by atoms with Crippen LogP contribution >= 0.6 is 0 Å². The van der Waals surface area contributed by atoms with Gasteiger partial charge in [0, 0.05) is 30.8 Å². The molecule has 0 unspecified atom stereocenters. The van der Waals surface area contributed by atoms with Crippen molar-refractivity contribution in [1.82, 2.24) is 10.6 Å². The van der Waals surface area contributed by atoms with E-state index in [0.717, 1.165) is 37.9 Å². The number of guanidine groups is 1. The van der Waals surface area contributed by atoms with Crippen LogP contribution in [0.1, 0.15) is 46.0 Å². The molecule has 0 aromatic heterocycles. The zero-order chi connectivity index (χ0) is 20.2. The van der Waals surface area contributed by atoms with Gasteiger partial charge in [-0.25, -0.2) is 0 Å². The zero-order valence-corrected chi connectivity index (χ0v) is 17.3. The molecule has 0 aliphatic heterocycles. The lowest BCUT2D eigenvalue weighted by atomic mass is 9.89. The van der Waals surface area contributed by atoms with Crippen LogP contribution < -0.4 is 25.4 Å². The Morgan fingerprint density at radius 2 is 1.93 bits per heavy atom. The first-order valence-electron chi connectivity index (χ1n) is 10.3. The summed E-state index contributed by atoms with van der Waals surface area (Å²) in [5.41, 5.74) is 0.853. The van der Waals surface area contributed by atoms with Crippen molar-refractivity contribution in [2.75, 3.05) is 38.7 Å². The topological polar surface area (TPSA) is 84.0 Å². The van der Waals surface area contributed by atoms with Crippen LogP contribution in [0.3, 0.4) is 0 Å². The third kappa shape index (κ3) is 6.94. The van der Waals surface area contributed by atoms with Gasteiger partial charge in [0.1, 0.15) is 0 Å². The number of ether oxygens (including phenoxy) is 2. The third-order valence-electron chi connectivity index (χ3n) is 4.73. The van der Waals surface area contributed by atoms with E-state index in [9.17, 15) is 4.79 Å². The summed E-state index contributed by atoms with van der Waals surface area (Å²) in [7, 11) is 1.62. The number of benzene rings is 1. The molecule has 1 aromatic carbocycles. The minimum absolute atomic E-state index is 0.170. The fourth-order valence-electron chi connectivity index (χ4n) is 3.32. The van der Waals surface area contributed by atoms with E-state index in [1.807, 2.05) is 32.0 Å². The van der Waals surface area contributed by atoms with Crippen molar-refractivity contribution in [1.29, 1.82) is 0 Å². The van der Waals surface area contributed by atoms with Gasteiger partial charge in [-0.15, -0.1) is 0 Å². The Morgan fingerprint density at radius 3 is 2.61 bits per heavy atom. The number of hydrogen-bond donors (Lipinski definition) is 3. The Bertz CT molecular complexity index is 643. The highest BCUT2D eigenvalue weighted by Crippen LogP contribution is 2.30. The molecular formula is C21H34N4O3. The Hall–Kier alpha value is -2.44. The minimum atomic E-state index is 0.170. The highest BCUT2D eigenvalue weighted by Gasteiger charge is 2.20. The van der Waals surface area contributed by atoms with Gasteiger partial charge in [-0.3, -0.25) is 9.79 Å². The molecule has 3 N–H and O–H groups in total. The third-order valence-corrected chi connectivity index (χ3v) is 4.73. The van der Waals surface area contributed by atoms with E-state index in [-0.39, 0.29) is 11.8 Å². The van der Waals surface area contributed by atoms with Gasteiger partial charge in [-0.05, 0) is 38.8 Å². The molecule has 0 saturated heterocycles. The van der Waals surface area contributed by atoms with Crippen molar-refractivity contribution in [3.8, 4) is 11.5 Å². The smallest absolute Gasteiger partial charge is 0.223 e. The first kappa shape index (κ1) is 21.9. The van der Waals surface area contributed by atoms with Crippen LogP contribution in [-0.2, 0) is 4.79 Å². The SMILES string of the molecule is CCNC(=NCCNC(=O)C1CCCCC1)Nc1ccc(OCC)c(OC)c1. The van der Waals surface area contributed by atoms with Crippen molar-refractivity contribution in [2.45, 2.75) is 46.0 Å². The van der Waals surface area contributed by atoms with Gasteiger partial charge in [0.05, 0.1) is 20.3 Å². The second kappa shape index (κ2) is 12.1. The number of carbonyl (C=O) groups excluding carboxylic acids is 1. The number of hydrogen-bond acceptors (Lipinski definition) is 4. The lowest BCUT2D eigenvalue weighted by Crippen LogP contribution is -2.35. The van der Waals surface area contributed by atoms with Gasteiger partial charge < -0.3 is 25.4 Å². The van der Waals surface area contributed by atoms with Gasteiger partial charge in [0.15, 0.2) is 17.5 Å². The quantitative estimate of drug-likeness (QED) is 0.343. The molecule has 0 atom stereocenters. The van der Waals surface area contributed by atoms with E-state index in [1.54, 1.807) is 7.11 Å². The maximum atomic E-state index is 12.2. The predicted molar refractivity (Wildman–Crippen MR) is 113 cm³/mol. The standard InChI is InChI=1S/C21H34N4O3/c1-4-22-21(24-14-13-23-20(26)16-9-7-6-8-10-16)25-17-11-12-18(28-5-2)19(15-17)27-3/h11-12,15-16H,4-10,13-14H2,1-3H3,(H,23,26)(H2,22,24,25). The van der Waals surface area contributed by atoms with E-state index in [2.05, 4.69) is 20.9 Å². The van der Waals surface area contributed by atoms with Crippen LogP contribution in [0.2, 0.25) is 0 Å². The average molecular weight is 391 g/mol. The molecular weight excluding hydrogens is 356 g/mol. The summed E-state index contributed by atoms with van der Waals surface area (Å²) < 4.78 is 10.9. The maximum Gasteiger partial charge on any atom is 0.223 e. The second-order valence-corrected chi connectivity index (χ2v) is 6.81. The van der Waals surface area contributed by atoms with E-state index >= 15 is 0 Å². The zero-order valence-electron chi connectivity index (χ0n) is 17.3.